The summed E-state index contributed by atoms with van der Waals surface area (Å²) in [5, 5.41) is 0. The lowest BCUT2D eigenvalue weighted by Crippen LogP contribution is -2.25. The Kier molecular flexibility index (Phi) is 4.28. The minimum Gasteiger partial charge on any atom is -0.365 e. The van der Waals surface area contributed by atoms with Crippen molar-refractivity contribution in [3.63, 3.8) is 0 Å². The summed E-state index contributed by atoms with van der Waals surface area (Å²) >= 11 is 0. The Morgan fingerprint density at radius 3 is 2.55 bits per heavy atom. The normalized spacial score (nSPS) is 14.5. The summed E-state index contributed by atoms with van der Waals surface area (Å²) in [7, 11) is 0. The Hall–Kier alpha value is -2.09. The van der Waals surface area contributed by atoms with Gasteiger partial charge in [-0.1, -0.05) is 50.2 Å². The molecule has 0 spiro atoms. The van der Waals surface area contributed by atoms with Crippen molar-refractivity contribution in [1.29, 1.82) is 0 Å². The summed E-state index contributed by atoms with van der Waals surface area (Å²) in [6, 6.07) is 17.2. The molecule has 1 aliphatic heterocycles. The van der Waals surface area contributed by atoms with Crippen molar-refractivity contribution in [2.24, 2.45) is 10.9 Å². The number of hydrogen-bond acceptors (Lipinski definition) is 2. The van der Waals surface area contributed by atoms with Crippen molar-refractivity contribution in [2.75, 3.05) is 11.4 Å². The highest BCUT2D eigenvalue weighted by atomic mass is 15.1. The van der Waals surface area contributed by atoms with E-state index in [2.05, 4.69) is 74.2 Å². The number of anilines is 1. The van der Waals surface area contributed by atoms with Crippen LogP contribution in [0.4, 0.5) is 11.4 Å². The molecule has 1 aliphatic rings. The van der Waals surface area contributed by atoms with Gasteiger partial charge in [0.1, 0.15) is 0 Å². The van der Waals surface area contributed by atoms with Gasteiger partial charge in [-0.15, -0.1) is 0 Å². The van der Waals surface area contributed by atoms with Crippen LogP contribution in [0, 0.1) is 12.8 Å². The maximum Gasteiger partial charge on any atom is 0.0862 e. The van der Waals surface area contributed by atoms with E-state index in [9.17, 15) is 0 Å². The first-order chi connectivity index (χ1) is 10.6. The van der Waals surface area contributed by atoms with Gasteiger partial charge >= 0.3 is 0 Å². The van der Waals surface area contributed by atoms with Gasteiger partial charge in [-0.2, -0.15) is 0 Å². The van der Waals surface area contributed by atoms with Gasteiger partial charge in [0.25, 0.3) is 0 Å². The lowest BCUT2D eigenvalue weighted by Gasteiger charge is -2.25. The summed E-state index contributed by atoms with van der Waals surface area (Å²) in [6.45, 7) is 8.64. The Balaban J connectivity index is 1.94. The maximum atomic E-state index is 4.93. The topological polar surface area (TPSA) is 15.6 Å². The third-order valence-electron chi connectivity index (χ3n) is 4.41. The van der Waals surface area contributed by atoms with Gasteiger partial charge in [0.15, 0.2) is 0 Å². The second kappa shape index (κ2) is 6.35. The van der Waals surface area contributed by atoms with Crippen molar-refractivity contribution in [1.82, 2.24) is 0 Å². The van der Waals surface area contributed by atoms with E-state index in [0.29, 0.717) is 5.92 Å². The molecule has 22 heavy (non-hydrogen) atoms. The second-order valence-corrected chi connectivity index (χ2v) is 6.34. The molecule has 2 aromatic carbocycles. The first-order valence-corrected chi connectivity index (χ1v) is 8.11. The lowest BCUT2D eigenvalue weighted by atomic mass is 10.0. The molecule has 3 rings (SSSR count). The molecule has 0 aromatic heterocycles. The third kappa shape index (κ3) is 3.06. The van der Waals surface area contributed by atoms with Gasteiger partial charge in [-0.25, -0.2) is 0 Å². The average Bonchev–Trinajstić information content (AvgIpc) is 2.70. The van der Waals surface area contributed by atoms with Crippen LogP contribution < -0.4 is 4.90 Å². The van der Waals surface area contributed by atoms with Crippen molar-refractivity contribution < 1.29 is 0 Å². The molecule has 2 nitrogen and oxygen atoms in total. The van der Waals surface area contributed by atoms with E-state index in [4.69, 9.17) is 4.99 Å². The van der Waals surface area contributed by atoms with Gasteiger partial charge in [-0.3, -0.25) is 4.99 Å². The van der Waals surface area contributed by atoms with E-state index < -0.39 is 0 Å². The van der Waals surface area contributed by atoms with Crippen molar-refractivity contribution in [3.05, 3.63) is 59.7 Å². The van der Waals surface area contributed by atoms with Gasteiger partial charge in [0.05, 0.1) is 11.4 Å². The molecule has 2 heteroatoms. The van der Waals surface area contributed by atoms with Crippen LogP contribution in [-0.4, -0.2) is 12.3 Å². The summed E-state index contributed by atoms with van der Waals surface area (Å²) in [5.74, 6) is 0.506. The lowest BCUT2D eigenvalue weighted by molar-refractivity contribution is 0.781. The molecule has 114 valence electrons. The maximum absolute atomic E-state index is 4.93. The quantitative estimate of drug-likeness (QED) is 0.765. The SMILES string of the molecule is Cc1ccccc1CN1CCC(C(C)C)=Nc2ccccc21. The second-order valence-electron chi connectivity index (χ2n) is 6.34. The first-order valence-electron chi connectivity index (χ1n) is 8.11. The van der Waals surface area contributed by atoms with E-state index in [1.807, 2.05) is 0 Å². The fraction of sp³-hybridized carbons (Fsp3) is 0.350. The Bertz CT molecular complexity index is 686. The van der Waals surface area contributed by atoms with Crippen LogP contribution in [0.5, 0.6) is 0 Å². The van der Waals surface area contributed by atoms with E-state index in [-0.39, 0.29) is 0 Å². The molecule has 0 radical (unpaired) electrons. The molecule has 0 amide bonds. The number of aliphatic imine (C=N–C) groups is 1. The number of aryl methyl sites for hydroxylation is 1. The van der Waals surface area contributed by atoms with Crippen LogP contribution >= 0.6 is 0 Å². The van der Waals surface area contributed by atoms with Gasteiger partial charge in [0, 0.05) is 25.2 Å². The van der Waals surface area contributed by atoms with Gasteiger partial charge in [0.2, 0.25) is 0 Å². The molecule has 0 saturated heterocycles. The minimum absolute atomic E-state index is 0.506. The molecular weight excluding hydrogens is 268 g/mol. The van der Waals surface area contributed by atoms with E-state index >= 15 is 0 Å². The fourth-order valence-electron chi connectivity index (χ4n) is 2.98. The zero-order chi connectivity index (χ0) is 15.5. The predicted octanol–water partition coefficient (Wildman–Crippen LogP) is 5.13. The molecule has 0 unspecified atom stereocenters. The predicted molar refractivity (Wildman–Crippen MR) is 95.2 cm³/mol. The summed E-state index contributed by atoms with van der Waals surface area (Å²) in [4.78, 5) is 7.40. The third-order valence-corrected chi connectivity index (χ3v) is 4.41. The zero-order valence-electron chi connectivity index (χ0n) is 13.7. The van der Waals surface area contributed by atoms with Gasteiger partial charge in [-0.05, 0) is 36.1 Å². The molecular formula is C20H24N2. The molecule has 0 bridgehead atoms. The number of nitrogens with zero attached hydrogens (tertiary/aromatic N) is 2. The Labute approximate surface area is 133 Å². The highest BCUT2D eigenvalue weighted by Crippen LogP contribution is 2.33. The smallest absolute Gasteiger partial charge is 0.0862 e. The average molecular weight is 292 g/mol. The highest BCUT2D eigenvalue weighted by molar-refractivity contribution is 5.92. The van der Waals surface area contributed by atoms with Crippen LogP contribution in [0.3, 0.4) is 0 Å². The fourth-order valence-corrected chi connectivity index (χ4v) is 2.98. The molecule has 0 aliphatic carbocycles. The van der Waals surface area contributed by atoms with E-state index in [1.54, 1.807) is 0 Å². The zero-order valence-corrected chi connectivity index (χ0v) is 13.7. The van der Waals surface area contributed by atoms with Crippen molar-refractivity contribution in [2.45, 2.75) is 33.7 Å². The molecule has 0 N–H and O–H groups in total. The van der Waals surface area contributed by atoms with Crippen LogP contribution in [0.15, 0.2) is 53.5 Å². The van der Waals surface area contributed by atoms with Crippen LogP contribution in [0.1, 0.15) is 31.4 Å². The van der Waals surface area contributed by atoms with E-state index in [1.165, 1.54) is 22.5 Å². The van der Waals surface area contributed by atoms with Gasteiger partial charge < -0.3 is 4.90 Å². The van der Waals surface area contributed by atoms with Crippen LogP contribution in [0.2, 0.25) is 0 Å². The summed E-state index contributed by atoms with van der Waals surface area (Å²) in [6.07, 6.45) is 1.04. The number of benzene rings is 2. The minimum atomic E-state index is 0.506. The largest absolute Gasteiger partial charge is 0.365 e. The number of para-hydroxylation sites is 2. The number of rotatable bonds is 3. The summed E-state index contributed by atoms with van der Waals surface area (Å²) < 4.78 is 0. The Morgan fingerprint density at radius 1 is 1.05 bits per heavy atom. The first kappa shape index (κ1) is 14.8. The highest BCUT2D eigenvalue weighted by Gasteiger charge is 2.18. The van der Waals surface area contributed by atoms with Crippen molar-refractivity contribution in [3.8, 4) is 0 Å². The monoisotopic (exact) mass is 292 g/mol. The molecule has 2 aromatic rings. The van der Waals surface area contributed by atoms with Crippen LogP contribution in [-0.2, 0) is 6.54 Å². The van der Waals surface area contributed by atoms with Crippen LogP contribution in [0.25, 0.3) is 0 Å². The standard InChI is InChI=1S/C20H24N2/c1-15(2)18-12-13-22(14-17-9-5-4-8-16(17)3)20-11-7-6-10-19(20)21-18/h4-11,15H,12-14H2,1-3H3. The molecule has 1 heterocycles. The summed E-state index contributed by atoms with van der Waals surface area (Å²) in [5.41, 5.74) is 6.41. The van der Waals surface area contributed by atoms with Crippen molar-refractivity contribution >= 4 is 17.1 Å². The molecule has 0 fully saturated rings. The molecule has 0 saturated carbocycles. The van der Waals surface area contributed by atoms with E-state index in [0.717, 1.165) is 25.2 Å². The number of fused-ring (bicyclic) bond motifs is 1. The number of hydrogen-bond donors (Lipinski definition) is 0. The Morgan fingerprint density at radius 2 is 1.77 bits per heavy atom. The molecule has 0 atom stereocenters.